The van der Waals surface area contributed by atoms with Crippen LogP contribution >= 0.6 is 0 Å². The predicted molar refractivity (Wildman–Crippen MR) is 75.6 cm³/mol. The van der Waals surface area contributed by atoms with Gasteiger partial charge in [0.2, 0.25) is 6.79 Å². The highest BCUT2D eigenvalue weighted by Crippen LogP contribution is 2.36. The van der Waals surface area contributed by atoms with Crippen molar-refractivity contribution in [1.29, 1.82) is 0 Å². The molecule has 0 spiro atoms. The lowest BCUT2D eigenvalue weighted by atomic mass is 9.94. The first-order valence-electron chi connectivity index (χ1n) is 6.73. The van der Waals surface area contributed by atoms with Gasteiger partial charge in [-0.05, 0) is 24.1 Å². The molecule has 0 aromatic heterocycles. The summed E-state index contributed by atoms with van der Waals surface area (Å²) in [6, 6.07) is 5.71. The molecule has 0 bridgehead atoms. The topological polar surface area (TPSA) is 61.8 Å². The van der Waals surface area contributed by atoms with E-state index in [9.17, 15) is 8.42 Å². The fraction of sp³-hybridized carbons (Fsp3) is 0.571. The van der Waals surface area contributed by atoms with Crippen LogP contribution in [-0.4, -0.2) is 28.1 Å². The fourth-order valence-corrected chi connectivity index (χ4v) is 2.58. The quantitative estimate of drug-likeness (QED) is 0.724. The number of rotatable bonds is 7. The molecule has 0 amide bonds. The molecule has 0 saturated heterocycles. The van der Waals surface area contributed by atoms with E-state index in [2.05, 4.69) is 6.92 Å². The Balaban J connectivity index is 2.12. The summed E-state index contributed by atoms with van der Waals surface area (Å²) in [5.74, 6) is 1.48. The van der Waals surface area contributed by atoms with Gasteiger partial charge in [0, 0.05) is 5.92 Å². The zero-order valence-corrected chi connectivity index (χ0v) is 12.6. The minimum Gasteiger partial charge on any atom is -0.454 e. The van der Waals surface area contributed by atoms with Crippen LogP contribution in [0.3, 0.4) is 0 Å². The molecule has 0 saturated carbocycles. The van der Waals surface area contributed by atoms with E-state index in [1.165, 1.54) is 0 Å². The van der Waals surface area contributed by atoms with Crippen molar-refractivity contribution in [3.63, 3.8) is 0 Å². The summed E-state index contributed by atoms with van der Waals surface area (Å²) in [7, 11) is -3.42. The third-order valence-electron chi connectivity index (χ3n) is 3.26. The van der Waals surface area contributed by atoms with Crippen LogP contribution in [0, 0.1) is 0 Å². The molecule has 2 rings (SSSR count). The lowest BCUT2D eigenvalue weighted by Crippen LogP contribution is -2.12. The summed E-state index contributed by atoms with van der Waals surface area (Å²) < 4.78 is 37.9. The van der Waals surface area contributed by atoms with Crippen LogP contribution in [0.2, 0.25) is 0 Å². The van der Waals surface area contributed by atoms with Crippen LogP contribution < -0.4 is 9.47 Å². The van der Waals surface area contributed by atoms with E-state index >= 15 is 0 Å². The van der Waals surface area contributed by atoms with Crippen LogP contribution in [0.25, 0.3) is 0 Å². The first-order valence-corrected chi connectivity index (χ1v) is 8.55. The highest BCUT2D eigenvalue weighted by Gasteiger charge is 2.19. The Labute approximate surface area is 120 Å². The average molecular weight is 300 g/mol. The molecule has 112 valence electrons. The Hall–Kier alpha value is -1.27. The molecule has 6 heteroatoms. The summed E-state index contributed by atoms with van der Waals surface area (Å²) in [6.07, 6.45) is 4.03. The Morgan fingerprint density at radius 3 is 2.75 bits per heavy atom. The molecule has 0 radical (unpaired) electrons. The lowest BCUT2D eigenvalue weighted by molar-refractivity contribution is 0.174. The first kappa shape index (κ1) is 15.1. The summed E-state index contributed by atoms with van der Waals surface area (Å²) in [5.41, 5.74) is 1.02. The van der Waals surface area contributed by atoms with E-state index in [-0.39, 0.29) is 19.3 Å². The molecule has 0 aliphatic carbocycles. The molecule has 1 aromatic carbocycles. The third-order valence-corrected chi connectivity index (χ3v) is 3.82. The second-order valence-corrected chi connectivity index (χ2v) is 6.58. The Morgan fingerprint density at radius 1 is 1.30 bits per heavy atom. The van der Waals surface area contributed by atoms with E-state index in [0.717, 1.165) is 36.8 Å². The molecular formula is C14H20O5S. The van der Waals surface area contributed by atoms with Crippen molar-refractivity contribution in [1.82, 2.24) is 0 Å². The molecule has 0 fully saturated rings. The number of ether oxygens (including phenoxy) is 2. The summed E-state index contributed by atoms with van der Waals surface area (Å²) in [5, 5.41) is 0. The molecule has 1 aliphatic rings. The van der Waals surface area contributed by atoms with Crippen LogP contribution in [0.15, 0.2) is 18.2 Å². The normalized spacial score (nSPS) is 15.3. The predicted octanol–water partition coefficient (Wildman–Crippen LogP) is 2.67. The van der Waals surface area contributed by atoms with Gasteiger partial charge in [0.15, 0.2) is 11.5 Å². The van der Waals surface area contributed by atoms with Gasteiger partial charge in [0.25, 0.3) is 10.1 Å². The van der Waals surface area contributed by atoms with Crippen LogP contribution in [0.4, 0.5) is 0 Å². The highest BCUT2D eigenvalue weighted by molar-refractivity contribution is 7.85. The van der Waals surface area contributed by atoms with Crippen LogP contribution in [0.1, 0.15) is 37.7 Å². The van der Waals surface area contributed by atoms with Gasteiger partial charge in [-0.15, -0.1) is 0 Å². The molecule has 0 N–H and O–H groups in total. The Bertz CT molecular complexity index is 553. The maximum Gasteiger partial charge on any atom is 0.264 e. The largest absolute Gasteiger partial charge is 0.454 e. The number of unbranched alkanes of at least 4 members (excludes halogenated alkanes) is 1. The molecule has 1 aromatic rings. The van der Waals surface area contributed by atoms with Crippen molar-refractivity contribution in [3.05, 3.63) is 23.8 Å². The van der Waals surface area contributed by atoms with Gasteiger partial charge in [-0.3, -0.25) is 4.18 Å². The van der Waals surface area contributed by atoms with Crippen molar-refractivity contribution in [2.45, 2.75) is 32.1 Å². The van der Waals surface area contributed by atoms with Gasteiger partial charge >= 0.3 is 0 Å². The van der Waals surface area contributed by atoms with Crippen molar-refractivity contribution in [2.24, 2.45) is 0 Å². The Morgan fingerprint density at radius 2 is 2.05 bits per heavy atom. The Kier molecular flexibility index (Phi) is 4.88. The number of benzene rings is 1. The SMILES string of the molecule is CCCCC(COS(C)(=O)=O)c1ccc2c(c1)OCO2. The summed E-state index contributed by atoms with van der Waals surface area (Å²) >= 11 is 0. The van der Waals surface area contributed by atoms with Gasteiger partial charge < -0.3 is 9.47 Å². The number of hydrogen-bond acceptors (Lipinski definition) is 5. The standard InChI is InChI=1S/C14H20O5S/c1-3-4-5-12(9-19-20(2,15)16)11-6-7-13-14(8-11)18-10-17-13/h6-8,12H,3-5,9-10H2,1-2H3. The van der Waals surface area contributed by atoms with Gasteiger partial charge in [0.05, 0.1) is 12.9 Å². The monoisotopic (exact) mass is 300 g/mol. The number of hydrogen-bond donors (Lipinski definition) is 0. The van der Waals surface area contributed by atoms with Gasteiger partial charge in [-0.25, -0.2) is 0 Å². The minimum atomic E-state index is -3.42. The van der Waals surface area contributed by atoms with E-state index in [0.29, 0.717) is 5.75 Å². The third kappa shape index (κ3) is 4.11. The maximum absolute atomic E-state index is 11.2. The minimum absolute atomic E-state index is 0.0409. The van der Waals surface area contributed by atoms with Crippen molar-refractivity contribution < 1.29 is 22.1 Å². The molecule has 5 nitrogen and oxygen atoms in total. The van der Waals surface area contributed by atoms with Crippen molar-refractivity contribution >= 4 is 10.1 Å². The molecule has 1 unspecified atom stereocenters. The van der Waals surface area contributed by atoms with E-state index < -0.39 is 10.1 Å². The zero-order chi connectivity index (χ0) is 14.6. The second kappa shape index (κ2) is 6.45. The summed E-state index contributed by atoms with van der Waals surface area (Å²) in [6.45, 7) is 2.50. The second-order valence-electron chi connectivity index (χ2n) is 4.94. The van der Waals surface area contributed by atoms with Crippen molar-refractivity contribution in [3.8, 4) is 11.5 Å². The molecule has 20 heavy (non-hydrogen) atoms. The van der Waals surface area contributed by atoms with Gasteiger partial charge in [0.1, 0.15) is 0 Å². The molecule has 1 atom stereocenters. The smallest absolute Gasteiger partial charge is 0.264 e. The average Bonchev–Trinajstić information content (AvgIpc) is 2.85. The van der Waals surface area contributed by atoms with Crippen LogP contribution in [-0.2, 0) is 14.3 Å². The van der Waals surface area contributed by atoms with Gasteiger partial charge in [-0.2, -0.15) is 8.42 Å². The van der Waals surface area contributed by atoms with E-state index in [4.69, 9.17) is 13.7 Å². The summed E-state index contributed by atoms with van der Waals surface area (Å²) in [4.78, 5) is 0. The first-order chi connectivity index (χ1) is 9.49. The lowest BCUT2D eigenvalue weighted by Gasteiger charge is -2.17. The fourth-order valence-electron chi connectivity index (χ4n) is 2.17. The van der Waals surface area contributed by atoms with E-state index in [1.807, 2.05) is 18.2 Å². The molecule has 1 heterocycles. The highest BCUT2D eigenvalue weighted by atomic mass is 32.2. The van der Waals surface area contributed by atoms with E-state index in [1.54, 1.807) is 0 Å². The van der Waals surface area contributed by atoms with Crippen molar-refractivity contribution in [2.75, 3.05) is 19.7 Å². The molecular weight excluding hydrogens is 280 g/mol. The maximum atomic E-state index is 11.2. The number of fused-ring (bicyclic) bond motifs is 1. The van der Waals surface area contributed by atoms with Crippen LogP contribution in [0.5, 0.6) is 11.5 Å². The van der Waals surface area contributed by atoms with Gasteiger partial charge in [-0.1, -0.05) is 25.8 Å². The zero-order valence-electron chi connectivity index (χ0n) is 11.8. The molecule has 1 aliphatic heterocycles.